The van der Waals surface area contributed by atoms with Gasteiger partial charge in [-0.15, -0.1) is 0 Å². The van der Waals surface area contributed by atoms with Crippen LogP contribution in [-0.2, 0) is 11.2 Å². The Morgan fingerprint density at radius 2 is 2.00 bits per heavy atom. The Labute approximate surface area is 169 Å². The lowest BCUT2D eigenvalue weighted by Gasteiger charge is -2.22. The third kappa shape index (κ3) is 4.43. The summed E-state index contributed by atoms with van der Waals surface area (Å²) in [5.41, 5.74) is 2.85. The first-order valence-corrected chi connectivity index (χ1v) is 9.76. The summed E-state index contributed by atoms with van der Waals surface area (Å²) in [6.07, 6.45) is 1.45. The molecule has 1 aromatic heterocycles. The second kappa shape index (κ2) is 8.82. The Bertz CT molecular complexity index is 1020. The number of amides is 1. The van der Waals surface area contributed by atoms with Crippen LogP contribution in [0.5, 0.6) is 11.5 Å². The summed E-state index contributed by atoms with van der Waals surface area (Å²) in [6, 6.07) is 7.53. The Balaban J connectivity index is 1.69. The summed E-state index contributed by atoms with van der Waals surface area (Å²) in [6.45, 7) is 6.60. The fourth-order valence-electron chi connectivity index (χ4n) is 3.62. The molecule has 2 N–H and O–H groups in total. The molecule has 1 aromatic carbocycles. The zero-order chi connectivity index (χ0) is 21.0. The highest BCUT2D eigenvalue weighted by Gasteiger charge is 2.19. The smallest absolute Gasteiger partial charge is 0.266 e. The van der Waals surface area contributed by atoms with Crippen molar-refractivity contribution in [2.45, 2.75) is 46.1 Å². The average Bonchev–Trinajstić information content (AvgIpc) is 2.71. The van der Waals surface area contributed by atoms with E-state index >= 15 is 0 Å². The monoisotopic (exact) mass is 395 g/mol. The van der Waals surface area contributed by atoms with Crippen LogP contribution in [0, 0.1) is 25.2 Å². The van der Waals surface area contributed by atoms with Crippen LogP contribution < -0.4 is 20.3 Å². The van der Waals surface area contributed by atoms with Gasteiger partial charge in [0.2, 0.25) is 5.91 Å². The zero-order valence-corrected chi connectivity index (χ0v) is 16.9. The number of nitriles is 1. The van der Waals surface area contributed by atoms with Gasteiger partial charge in [0, 0.05) is 12.1 Å². The van der Waals surface area contributed by atoms with Crippen LogP contribution in [0.4, 0.5) is 0 Å². The van der Waals surface area contributed by atoms with E-state index in [1.54, 1.807) is 13.8 Å². The first kappa shape index (κ1) is 20.5. The molecule has 0 saturated carbocycles. The van der Waals surface area contributed by atoms with Gasteiger partial charge < -0.3 is 19.8 Å². The number of H-pyrrole nitrogens is 1. The molecule has 0 aliphatic carbocycles. The highest BCUT2D eigenvalue weighted by molar-refractivity contribution is 5.77. The van der Waals surface area contributed by atoms with Crippen molar-refractivity contribution in [3.05, 3.63) is 56.5 Å². The molecule has 0 fully saturated rings. The van der Waals surface area contributed by atoms with Crippen LogP contribution in [0.1, 0.15) is 53.8 Å². The number of ether oxygens (including phenoxy) is 2. The van der Waals surface area contributed by atoms with Gasteiger partial charge in [0.05, 0.1) is 6.04 Å². The zero-order valence-electron chi connectivity index (χ0n) is 16.9. The van der Waals surface area contributed by atoms with E-state index in [4.69, 9.17) is 9.47 Å². The molecule has 1 aliphatic heterocycles. The molecule has 2 heterocycles. The lowest BCUT2D eigenvalue weighted by molar-refractivity contribution is -0.121. The second-order valence-electron chi connectivity index (χ2n) is 7.10. The summed E-state index contributed by atoms with van der Waals surface area (Å²) >= 11 is 0. The van der Waals surface area contributed by atoms with Crippen LogP contribution in [0.25, 0.3) is 0 Å². The molecule has 1 amide bonds. The summed E-state index contributed by atoms with van der Waals surface area (Å²) < 4.78 is 11.2. The number of pyridine rings is 1. The minimum atomic E-state index is -0.389. The minimum Gasteiger partial charge on any atom is -0.486 e. The molecular weight excluding hydrogens is 370 g/mol. The van der Waals surface area contributed by atoms with E-state index in [-0.39, 0.29) is 29.5 Å². The molecule has 0 radical (unpaired) electrons. The van der Waals surface area contributed by atoms with Crippen molar-refractivity contribution in [2.75, 3.05) is 13.2 Å². The number of hydrogen-bond acceptors (Lipinski definition) is 5. The predicted molar refractivity (Wildman–Crippen MR) is 108 cm³/mol. The van der Waals surface area contributed by atoms with Crippen molar-refractivity contribution >= 4 is 5.91 Å². The molecule has 3 rings (SSSR count). The van der Waals surface area contributed by atoms with Crippen LogP contribution in [0.3, 0.4) is 0 Å². The Morgan fingerprint density at radius 1 is 1.28 bits per heavy atom. The number of hydrogen-bond donors (Lipinski definition) is 2. The van der Waals surface area contributed by atoms with Crippen molar-refractivity contribution < 1.29 is 14.3 Å². The van der Waals surface area contributed by atoms with Crippen LogP contribution >= 0.6 is 0 Å². The summed E-state index contributed by atoms with van der Waals surface area (Å²) in [5, 5.41) is 12.3. The first-order chi connectivity index (χ1) is 13.9. The molecule has 152 valence electrons. The molecular formula is C22H25N3O4. The lowest BCUT2D eigenvalue weighted by atomic mass is 9.98. The van der Waals surface area contributed by atoms with Gasteiger partial charge in [0.25, 0.3) is 5.56 Å². The van der Waals surface area contributed by atoms with E-state index in [9.17, 15) is 14.9 Å². The van der Waals surface area contributed by atoms with E-state index in [1.165, 1.54) is 0 Å². The number of aryl methyl sites for hydroxylation is 1. The molecule has 7 heteroatoms. The fraction of sp³-hybridized carbons (Fsp3) is 0.409. The SMILES string of the molecule is CCC(NC(=O)CCc1c(C)[nH]c(=O)c(C#N)c1C)c1ccc2c(c1)OCCO2. The molecule has 0 spiro atoms. The van der Waals surface area contributed by atoms with Gasteiger partial charge in [-0.1, -0.05) is 13.0 Å². The van der Waals surface area contributed by atoms with Crippen molar-refractivity contribution in [1.82, 2.24) is 10.3 Å². The Morgan fingerprint density at radius 3 is 2.69 bits per heavy atom. The molecule has 2 aromatic rings. The highest BCUT2D eigenvalue weighted by Crippen LogP contribution is 2.33. The molecule has 1 aliphatic rings. The highest BCUT2D eigenvalue weighted by atomic mass is 16.6. The first-order valence-electron chi connectivity index (χ1n) is 9.76. The molecule has 1 unspecified atom stereocenters. The van der Waals surface area contributed by atoms with Gasteiger partial charge in [-0.05, 0) is 55.5 Å². The summed E-state index contributed by atoms with van der Waals surface area (Å²) in [4.78, 5) is 27.1. The maximum absolute atomic E-state index is 12.6. The molecule has 0 bridgehead atoms. The largest absolute Gasteiger partial charge is 0.486 e. The lowest BCUT2D eigenvalue weighted by Crippen LogP contribution is -2.29. The standard InChI is InChI=1S/C22H25N3O4/c1-4-18(15-5-7-19-20(11-15)29-10-9-28-19)25-21(26)8-6-16-13(2)17(12-23)22(27)24-14(16)3/h5,7,11,18H,4,6,8-10H2,1-3H3,(H,24,27)(H,25,26). The van der Waals surface area contributed by atoms with E-state index in [0.717, 1.165) is 23.3 Å². The average molecular weight is 395 g/mol. The van der Waals surface area contributed by atoms with Gasteiger partial charge in [-0.25, -0.2) is 0 Å². The number of fused-ring (bicyclic) bond motifs is 1. The number of nitrogens with one attached hydrogen (secondary N) is 2. The van der Waals surface area contributed by atoms with Gasteiger partial charge in [-0.2, -0.15) is 5.26 Å². The number of nitrogens with zero attached hydrogens (tertiary/aromatic N) is 1. The Kier molecular flexibility index (Phi) is 6.23. The number of rotatable bonds is 6. The quantitative estimate of drug-likeness (QED) is 0.783. The van der Waals surface area contributed by atoms with Crippen molar-refractivity contribution in [3.63, 3.8) is 0 Å². The number of carbonyl (C=O) groups excluding carboxylic acids is 1. The van der Waals surface area contributed by atoms with Gasteiger partial charge in [0.15, 0.2) is 11.5 Å². The third-order valence-electron chi connectivity index (χ3n) is 5.23. The molecule has 29 heavy (non-hydrogen) atoms. The van der Waals surface area contributed by atoms with Crippen molar-refractivity contribution in [2.24, 2.45) is 0 Å². The molecule has 7 nitrogen and oxygen atoms in total. The van der Waals surface area contributed by atoms with Gasteiger partial charge in [-0.3, -0.25) is 9.59 Å². The minimum absolute atomic E-state index is 0.0877. The number of carbonyl (C=O) groups is 1. The van der Waals surface area contributed by atoms with Gasteiger partial charge in [0.1, 0.15) is 24.8 Å². The number of aromatic amines is 1. The van der Waals surface area contributed by atoms with E-state index in [1.807, 2.05) is 31.2 Å². The number of aromatic nitrogens is 1. The topological polar surface area (TPSA) is 104 Å². The van der Waals surface area contributed by atoms with Gasteiger partial charge >= 0.3 is 0 Å². The van der Waals surface area contributed by atoms with Crippen LogP contribution in [0.15, 0.2) is 23.0 Å². The Hall–Kier alpha value is -3.27. The predicted octanol–water partition coefficient (Wildman–Crippen LogP) is 2.83. The number of benzene rings is 1. The third-order valence-corrected chi connectivity index (χ3v) is 5.23. The summed E-state index contributed by atoms with van der Waals surface area (Å²) in [5.74, 6) is 1.33. The van der Waals surface area contributed by atoms with E-state index < -0.39 is 0 Å². The fourth-order valence-corrected chi connectivity index (χ4v) is 3.62. The maximum atomic E-state index is 12.6. The van der Waals surface area contributed by atoms with Crippen molar-refractivity contribution in [3.8, 4) is 17.6 Å². The van der Waals surface area contributed by atoms with Crippen LogP contribution in [-0.4, -0.2) is 24.1 Å². The summed E-state index contributed by atoms with van der Waals surface area (Å²) in [7, 11) is 0. The van der Waals surface area contributed by atoms with E-state index in [0.29, 0.717) is 36.6 Å². The second-order valence-corrected chi connectivity index (χ2v) is 7.10. The maximum Gasteiger partial charge on any atom is 0.266 e. The normalized spacial score (nSPS) is 13.4. The van der Waals surface area contributed by atoms with E-state index in [2.05, 4.69) is 10.3 Å². The van der Waals surface area contributed by atoms with Crippen LogP contribution in [0.2, 0.25) is 0 Å². The van der Waals surface area contributed by atoms with Crippen molar-refractivity contribution in [1.29, 1.82) is 5.26 Å². The molecule has 1 atom stereocenters. The molecule has 0 saturated heterocycles.